The Morgan fingerprint density at radius 2 is 2.25 bits per heavy atom. The lowest BCUT2D eigenvalue weighted by Crippen LogP contribution is -2.34. The Hall–Kier alpha value is -1.28. The molecule has 2 heteroatoms. The second kappa shape index (κ2) is 8.11. The van der Waals surface area contributed by atoms with Crippen LogP contribution >= 0.6 is 0 Å². The van der Waals surface area contributed by atoms with Crippen LogP contribution in [-0.2, 0) is 11.2 Å². The molecule has 1 aliphatic rings. The first kappa shape index (κ1) is 15.1. The highest BCUT2D eigenvalue weighted by atomic mass is 16.5. The highest BCUT2D eigenvalue weighted by Gasteiger charge is 2.17. The smallest absolute Gasteiger partial charge is 0.109 e. The largest absolute Gasteiger partial charge is 0.497 e. The van der Waals surface area contributed by atoms with E-state index in [0.717, 1.165) is 51.0 Å². The molecule has 1 aromatic rings. The van der Waals surface area contributed by atoms with Crippen molar-refractivity contribution in [2.75, 3.05) is 13.2 Å². The average Bonchev–Trinajstić information content (AvgIpc) is 2.48. The van der Waals surface area contributed by atoms with Crippen molar-refractivity contribution < 1.29 is 4.74 Å². The van der Waals surface area contributed by atoms with Crippen LogP contribution in [0.2, 0.25) is 0 Å². The van der Waals surface area contributed by atoms with Crippen molar-refractivity contribution in [2.24, 2.45) is 0 Å². The van der Waals surface area contributed by atoms with Crippen molar-refractivity contribution >= 4 is 0 Å². The maximum Gasteiger partial charge on any atom is 0.109 e. The zero-order valence-electron chi connectivity index (χ0n) is 12.8. The molecule has 0 aliphatic carbocycles. The van der Waals surface area contributed by atoms with E-state index in [1.54, 1.807) is 0 Å². The molecule has 1 N–H and O–H groups in total. The minimum absolute atomic E-state index is 0.371. The maximum absolute atomic E-state index is 5.85. The van der Waals surface area contributed by atoms with Gasteiger partial charge in [-0.15, -0.1) is 0 Å². The molecule has 1 aromatic carbocycles. The first-order valence-corrected chi connectivity index (χ1v) is 7.91. The second-order valence-electron chi connectivity index (χ2n) is 5.63. The van der Waals surface area contributed by atoms with E-state index in [1.165, 1.54) is 11.1 Å². The lowest BCUT2D eigenvalue weighted by atomic mass is 10.0. The molecule has 0 fully saturated rings. The third-order valence-electron chi connectivity index (χ3n) is 3.75. The fraction of sp³-hybridized carbons (Fsp3) is 0.556. The van der Waals surface area contributed by atoms with Gasteiger partial charge in [0.15, 0.2) is 0 Å². The Morgan fingerprint density at radius 1 is 1.35 bits per heavy atom. The molecule has 0 radical (unpaired) electrons. The molecule has 0 aromatic heterocycles. The Balaban J connectivity index is 1.94. The summed E-state index contributed by atoms with van der Waals surface area (Å²) < 4.78 is 5.85. The van der Waals surface area contributed by atoms with Crippen LogP contribution in [0.1, 0.15) is 43.7 Å². The van der Waals surface area contributed by atoms with Crippen LogP contribution in [0.15, 0.2) is 36.1 Å². The molecule has 2 nitrogen and oxygen atoms in total. The summed E-state index contributed by atoms with van der Waals surface area (Å²) in [5.41, 5.74) is 2.76. The van der Waals surface area contributed by atoms with Crippen LogP contribution < -0.4 is 5.32 Å². The number of ether oxygens (including phenoxy) is 1. The van der Waals surface area contributed by atoms with E-state index < -0.39 is 0 Å². The summed E-state index contributed by atoms with van der Waals surface area (Å²) >= 11 is 0. The molecule has 0 saturated carbocycles. The van der Waals surface area contributed by atoms with Gasteiger partial charge in [-0.1, -0.05) is 36.8 Å². The topological polar surface area (TPSA) is 21.3 Å². The number of benzene rings is 1. The van der Waals surface area contributed by atoms with Crippen molar-refractivity contribution in [3.05, 3.63) is 47.2 Å². The SMILES string of the molecule is CCCNC(CCc1cccc(C)c1)C1=CCCCO1. The normalized spacial score (nSPS) is 16.4. The van der Waals surface area contributed by atoms with Crippen LogP contribution in [0, 0.1) is 6.92 Å². The molecule has 110 valence electrons. The number of rotatable bonds is 7. The zero-order chi connectivity index (χ0) is 14.2. The standard InChI is InChI=1S/C18H27NO/c1-3-12-19-17(18-9-4-5-13-20-18)11-10-16-8-6-7-15(2)14-16/h6-9,14,17,19H,3-5,10-13H2,1-2H3. The van der Waals surface area contributed by atoms with Gasteiger partial charge in [-0.05, 0) is 57.2 Å². The number of aryl methyl sites for hydroxylation is 2. The molecular formula is C18H27NO. The van der Waals surface area contributed by atoms with Gasteiger partial charge in [-0.2, -0.15) is 0 Å². The third kappa shape index (κ3) is 4.68. The average molecular weight is 273 g/mol. The highest BCUT2D eigenvalue weighted by molar-refractivity contribution is 5.22. The number of hydrogen-bond donors (Lipinski definition) is 1. The molecule has 0 bridgehead atoms. The van der Waals surface area contributed by atoms with Crippen LogP contribution in [0.3, 0.4) is 0 Å². The molecule has 1 heterocycles. The van der Waals surface area contributed by atoms with Crippen molar-refractivity contribution in [3.8, 4) is 0 Å². The monoisotopic (exact) mass is 273 g/mol. The van der Waals surface area contributed by atoms with Crippen LogP contribution in [0.25, 0.3) is 0 Å². The zero-order valence-corrected chi connectivity index (χ0v) is 12.8. The lowest BCUT2D eigenvalue weighted by molar-refractivity contribution is 0.165. The van der Waals surface area contributed by atoms with E-state index in [9.17, 15) is 0 Å². The number of nitrogens with one attached hydrogen (secondary N) is 1. The molecule has 2 rings (SSSR count). The summed E-state index contributed by atoms with van der Waals surface area (Å²) in [6, 6.07) is 9.18. The Labute approximate surface area is 123 Å². The predicted molar refractivity (Wildman–Crippen MR) is 84.9 cm³/mol. The Morgan fingerprint density at radius 3 is 2.95 bits per heavy atom. The van der Waals surface area contributed by atoms with Gasteiger partial charge in [-0.3, -0.25) is 0 Å². The van der Waals surface area contributed by atoms with E-state index in [1.807, 2.05) is 0 Å². The van der Waals surface area contributed by atoms with E-state index >= 15 is 0 Å². The molecular weight excluding hydrogens is 246 g/mol. The summed E-state index contributed by atoms with van der Waals surface area (Å²) in [5.74, 6) is 1.16. The molecule has 0 saturated heterocycles. The summed E-state index contributed by atoms with van der Waals surface area (Å²) in [5, 5.41) is 3.63. The van der Waals surface area contributed by atoms with Crippen molar-refractivity contribution in [1.82, 2.24) is 5.32 Å². The van der Waals surface area contributed by atoms with Gasteiger partial charge in [-0.25, -0.2) is 0 Å². The molecule has 1 aliphatic heterocycles. The van der Waals surface area contributed by atoms with Crippen molar-refractivity contribution in [2.45, 2.75) is 52.0 Å². The van der Waals surface area contributed by atoms with Gasteiger partial charge in [0.1, 0.15) is 5.76 Å². The quantitative estimate of drug-likeness (QED) is 0.811. The summed E-state index contributed by atoms with van der Waals surface area (Å²) in [4.78, 5) is 0. The Kier molecular flexibility index (Phi) is 6.13. The fourth-order valence-corrected chi connectivity index (χ4v) is 2.66. The first-order valence-electron chi connectivity index (χ1n) is 7.91. The van der Waals surface area contributed by atoms with Crippen molar-refractivity contribution in [1.29, 1.82) is 0 Å². The van der Waals surface area contributed by atoms with Gasteiger partial charge in [0.05, 0.1) is 12.6 Å². The van der Waals surface area contributed by atoms with Gasteiger partial charge in [0, 0.05) is 0 Å². The van der Waals surface area contributed by atoms with Gasteiger partial charge >= 0.3 is 0 Å². The number of allylic oxidation sites excluding steroid dienone is 1. The van der Waals surface area contributed by atoms with E-state index in [2.05, 4.69) is 49.5 Å². The minimum Gasteiger partial charge on any atom is -0.497 e. The molecule has 20 heavy (non-hydrogen) atoms. The predicted octanol–water partition coefficient (Wildman–Crippen LogP) is 3.99. The van der Waals surface area contributed by atoms with E-state index in [4.69, 9.17) is 4.74 Å². The van der Waals surface area contributed by atoms with Gasteiger partial charge in [0.2, 0.25) is 0 Å². The van der Waals surface area contributed by atoms with Gasteiger partial charge < -0.3 is 10.1 Å². The van der Waals surface area contributed by atoms with Crippen LogP contribution in [0.4, 0.5) is 0 Å². The summed E-state index contributed by atoms with van der Waals surface area (Å²) in [7, 11) is 0. The lowest BCUT2D eigenvalue weighted by Gasteiger charge is -2.25. The molecule has 1 atom stereocenters. The Bertz CT molecular complexity index is 439. The third-order valence-corrected chi connectivity index (χ3v) is 3.75. The van der Waals surface area contributed by atoms with Crippen LogP contribution in [0.5, 0.6) is 0 Å². The summed E-state index contributed by atoms with van der Waals surface area (Å²) in [6.07, 6.45) is 7.95. The molecule has 0 spiro atoms. The molecule has 0 amide bonds. The fourth-order valence-electron chi connectivity index (χ4n) is 2.66. The molecule has 1 unspecified atom stereocenters. The second-order valence-corrected chi connectivity index (χ2v) is 5.63. The summed E-state index contributed by atoms with van der Waals surface area (Å²) in [6.45, 7) is 6.30. The highest BCUT2D eigenvalue weighted by Crippen LogP contribution is 2.18. The minimum atomic E-state index is 0.371. The number of hydrogen-bond acceptors (Lipinski definition) is 2. The maximum atomic E-state index is 5.85. The van der Waals surface area contributed by atoms with Gasteiger partial charge in [0.25, 0.3) is 0 Å². The first-order chi connectivity index (χ1) is 9.79. The van der Waals surface area contributed by atoms with Crippen LogP contribution in [-0.4, -0.2) is 19.2 Å². The van der Waals surface area contributed by atoms with E-state index in [-0.39, 0.29) is 0 Å². The van der Waals surface area contributed by atoms with E-state index in [0.29, 0.717) is 6.04 Å². The van der Waals surface area contributed by atoms with Crippen molar-refractivity contribution in [3.63, 3.8) is 0 Å².